The number of hydrogen-bond donors (Lipinski definition) is 1. The predicted molar refractivity (Wildman–Crippen MR) is 67.0 cm³/mol. The molecule has 0 aliphatic carbocycles. The van der Waals surface area contributed by atoms with Gasteiger partial charge in [-0.1, -0.05) is 0 Å². The number of unbranched alkanes of at least 4 members (excludes halogenated alkanes) is 2. The van der Waals surface area contributed by atoms with Crippen molar-refractivity contribution in [1.29, 1.82) is 0 Å². The second-order valence-corrected chi connectivity index (χ2v) is 5.35. The first kappa shape index (κ1) is 12.3. The molecule has 0 radical (unpaired) electrons. The molecule has 80 valence electrons. The van der Waals surface area contributed by atoms with Crippen molar-refractivity contribution in [1.82, 2.24) is 5.32 Å². The van der Waals surface area contributed by atoms with Crippen LogP contribution >= 0.6 is 27.3 Å². The van der Waals surface area contributed by atoms with E-state index in [2.05, 4.69) is 27.2 Å². The summed E-state index contributed by atoms with van der Waals surface area (Å²) in [5.74, 6) is 2.56. The van der Waals surface area contributed by atoms with E-state index in [4.69, 9.17) is 6.42 Å². The van der Waals surface area contributed by atoms with E-state index >= 15 is 0 Å². The molecule has 0 unspecified atom stereocenters. The number of carbonyl (C=O) groups is 1. The van der Waals surface area contributed by atoms with Crippen LogP contribution in [0.2, 0.25) is 0 Å². The summed E-state index contributed by atoms with van der Waals surface area (Å²) in [6, 6.07) is 1.82. The summed E-state index contributed by atoms with van der Waals surface area (Å²) < 4.78 is 0.972. The molecule has 1 aromatic heterocycles. The number of terminal acetylenes is 1. The number of amides is 1. The molecular formula is C11H12BrNOS. The maximum Gasteiger partial charge on any atom is 0.252 e. The second kappa shape index (κ2) is 6.65. The van der Waals surface area contributed by atoms with Crippen LogP contribution in [0.5, 0.6) is 0 Å². The van der Waals surface area contributed by atoms with E-state index in [-0.39, 0.29) is 5.91 Å². The number of carbonyl (C=O) groups excluding carboxylic acids is 1. The van der Waals surface area contributed by atoms with Crippen molar-refractivity contribution >= 4 is 33.2 Å². The lowest BCUT2D eigenvalue weighted by atomic mass is 10.2. The van der Waals surface area contributed by atoms with Crippen molar-refractivity contribution in [3.63, 3.8) is 0 Å². The first-order chi connectivity index (χ1) is 7.24. The standard InChI is InChI=1S/C11H12BrNOS/c1-2-3-4-5-6-13-11(14)9-7-10(12)15-8-9/h1,7-8H,3-6H2,(H,13,14). The highest BCUT2D eigenvalue weighted by atomic mass is 79.9. The zero-order valence-corrected chi connectivity index (χ0v) is 10.7. The molecule has 0 bridgehead atoms. The largest absolute Gasteiger partial charge is 0.352 e. The lowest BCUT2D eigenvalue weighted by molar-refractivity contribution is 0.0953. The van der Waals surface area contributed by atoms with Crippen LogP contribution in [0, 0.1) is 12.3 Å². The van der Waals surface area contributed by atoms with Crippen molar-refractivity contribution < 1.29 is 4.79 Å². The monoisotopic (exact) mass is 285 g/mol. The third kappa shape index (κ3) is 4.50. The van der Waals surface area contributed by atoms with Gasteiger partial charge in [-0.25, -0.2) is 0 Å². The van der Waals surface area contributed by atoms with Gasteiger partial charge in [0.05, 0.1) is 9.35 Å². The smallest absolute Gasteiger partial charge is 0.252 e. The molecule has 15 heavy (non-hydrogen) atoms. The molecule has 1 rings (SSSR count). The molecule has 0 saturated carbocycles. The van der Waals surface area contributed by atoms with Gasteiger partial charge in [0, 0.05) is 18.3 Å². The average Bonchev–Trinajstić information content (AvgIpc) is 2.64. The Hall–Kier alpha value is -0.790. The summed E-state index contributed by atoms with van der Waals surface area (Å²) >= 11 is 4.83. The molecule has 1 heterocycles. The number of rotatable bonds is 5. The molecule has 0 fully saturated rings. The maximum absolute atomic E-state index is 11.5. The highest BCUT2D eigenvalue weighted by Gasteiger charge is 2.06. The Morgan fingerprint density at radius 1 is 1.60 bits per heavy atom. The minimum Gasteiger partial charge on any atom is -0.352 e. The van der Waals surface area contributed by atoms with Gasteiger partial charge in [-0.15, -0.1) is 23.7 Å². The van der Waals surface area contributed by atoms with Crippen LogP contribution in [0.4, 0.5) is 0 Å². The molecule has 0 aliphatic heterocycles. The lowest BCUT2D eigenvalue weighted by Gasteiger charge is -2.01. The summed E-state index contributed by atoms with van der Waals surface area (Å²) in [5.41, 5.74) is 0.712. The summed E-state index contributed by atoms with van der Waals surface area (Å²) in [7, 11) is 0. The lowest BCUT2D eigenvalue weighted by Crippen LogP contribution is -2.23. The van der Waals surface area contributed by atoms with Gasteiger partial charge in [-0.3, -0.25) is 4.79 Å². The molecule has 1 amide bonds. The van der Waals surface area contributed by atoms with Crippen LogP contribution in [0.25, 0.3) is 0 Å². The SMILES string of the molecule is C#CCCCCNC(=O)c1csc(Br)c1. The number of nitrogens with one attached hydrogen (secondary N) is 1. The van der Waals surface area contributed by atoms with E-state index in [1.807, 2.05) is 11.4 Å². The average molecular weight is 286 g/mol. The van der Waals surface area contributed by atoms with Gasteiger partial charge >= 0.3 is 0 Å². The molecule has 1 N–H and O–H groups in total. The summed E-state index contributed by atoms with van der Waals surface area (Å²) in [6.45, 7) is 0.688. The van der Waals surface area contributed by atoms with Crippen LogP contribution in [0.15, 0.2) is 15.2 Å². The maximum atomic E-state index is 11.5. The molecule has 4 heteroatoms. The highest BCUT2D eigenvalue weighted by molar-refractivity contribution is 9.11. The topological polar surface area (TPSA) is 29.1 Å². The van der Waals surface area contributed by atoms with E-state index in [0.29, 0.717) is 12.1 Å². The zero-order valence-electron chi connectivity index (χ0n) is 8.25. The molecule has 0 atom stereocenters. The Morgan fingerprint density at radius 3 is 3.00 bits per heavy atom. The number of halogens is 1. The van der Waals surface area contributed by atoms with Gasteiger partial charge in [-0.2, -0.15) is 0 Å². The Morgan fingerprint density at radius 2 is 2.40 bits per heavy atom. The first-order valence-electron chi connectivity index (χ1n) is 4.69. The highest BCUT2D eigenvalue weighted by Crippen LogP contribution is 2.20. The normalized spacial score (nSPS) is 9.60. The molecule has 0 aromatic carbocycles. The minimum absolute atomic E-state index is 0.0161. The van der Waals surface area contributed by atoms with E-state index in [0.717, 1.165) is 23.0 Å². The van der Waals surface area contributed by atoms with Gasteiger partial charge in [0.1, 0.15) is 0 Å². The van der Waals surface area contributed by atoms with Gasteiger partial charge in [0.2, 0.25) is 0 Å². The van der Waals surface area contributed by atoms with Crippen LogP contribution in [-0.2, 0) is 0 Å². The third-order valence-corrected chi connectivity index (χ3v) is 3.37. The number of thiophene rings is 1. The van der Waals surface area contributed by atoms with E-state index in [1.54, 1.807) is 0 Å². The van der Waals surface area contributed by atoms with Crippen LogP contribution in [0.1, 0.15) is 29.6 Å². The number of hydrogen-bond acceptors (Lipinski definition) is 2. The quantitative estimate of drug-likeness (QED) is 0.654. The van der Waals surface area contributed by atoms with Gasteiger partial charge in [-0.05, 0) is 34.8 Å². The fraction of sp³-hybridized carbons (Fsp3) is 0.364. The molecular weight excluding hydrogens is 274 g/mol. The summed E-state index contributed by atoms with van der Waals surface area (Å²) in [5, 5.41) is 4.68. The van der Waals surface area contributed by atoms with Gasteiger partial charge in [0.25, 0.3) is 5.91 Å². The van der Waals surface area contributed by atoms with Crippen LogP contribution in [-0.4, -0.2) is 12.5 Å². The molecule has 0 saturated heterocycles. The van der Waals surface area contributed by atoms with Crippen LogP contribution in [0.3, 0.4) is 0 Å². The van der Waals surface area contributed by atoms with E-state index in [1.165, 1.54) is 11.3 Å². The summed E-state index contributed by atoms with van der Waals surface area (Å²) in [4.78, 5) is 11.5. The van der Waals surface area contributed by atoms with Crippen LogP contribution < -0.4 is 5.32 Å². The predicted octanol–water partition coefficient (Wildman–Crippen LogP) is 3.04. The van der Waals surface area contributed by atoms with E-state index < -0.39 is 0 Å². The Bertz CT molecular complexity index is 367. The van der Waals surface area contributed by atoms with Crippen molar-refractivity contribution in [2.45, 2.75) is 19.3 Å². The van der Waals surface area contributed by atoms with Crippen molar-refractivity contribution in [3.8, 4) is 12.3 Å². The molecule has 1 aromatic rings. The van der Waals surface area contributed by atoms with Crippen molar-refractivity contribution in [2.75, 3.05) is 6.54 Å². The fourth-order valence-corrected chi connectivity index (χ4v) is 2.22. The van der Waals surface area contributed by atoms with E-state index in [9.17, 15) is 4.79 Å². The van der Waals surface area contributed by atoms with Gasteiger partial charge < -0.3 is 5.32 Å². The fourth-order valence-electron chi connectivity index (χ4n) is 1.09. The zero-order chi connectivity index (χ0) is 11.1. The second-order valence-electron chi connectivity index (χ2n) is 3.06. The third-order valence-electron chi connectivity index (χ3n) is 1.86. The first-order valence-corrected chi connectivity index (χ1v) is 6.37. The summed E-state index contributed by atoms with van der Waals surface area (Å²) in [6.07, 6.45) is 7.80. The molecule has 2 nitrogen and oxygen atoms in total. The molecule has 0 spiro atoms. The Labute approximate surface area is 102 Å². The Kier molecular flexibility index (Phi) is 5.44. The van der Waals surface area contributed by atoms with Crippen molar-refractivity contribution in [3.05, 3.63) is 20.8 Å². The molecule has 0 aliphatic rings. The van der Waals surface area contributed by atoms with Gasteiger partial charge in [0.15, 0.2) is 0 Å². The Balaban J connectivity index is 2.23. The minimum atomic E-state index is -0.0161. The van der Waals surface area contributed by atoms with Crippen molar-refractivity contribution in [2.24, 2.45) is 0 Å².